The summed E-state index contributed by atoms with van der Waals surface area (Å²) in [5, 5.41) is 10.3. The Morgan fingerprint density at radius 3 is 2.52 bits per heavy atom. The number of hydrogen-bond donors (Lipinski definition) is 3. The van der Waals surface area contributed by atoms with Gasteiger partial charge in [-0.05, 0) is 58.5 Å². The van der Waals surface area contributed by atoms with E-state index in [2.05, 4.69) is 32.3 Å². The Balaban J connectivity index is 1.86. The molecule has 130 valence electrons. The number of hydrogen-bond acceptors (Lipinski definition) is 3. The molecule has 0 aliphatic rings. The van der Waals surface area contributed by atoms with Crippen molar-refractivity contribution in [2.45, 2.75) is 17.4 Å². The maximum atomic E-state index is 12.5. The van der Waals surface area contributed by atoms with Gasteiger partial charge in [-0.25, -0.2) is 8.42 Å². The van der Waals surface area contributed by atoms with Crippen LogP contribution in [0.25, 0.3) is 10.9 Å². The van der Waals surface area contributed by atoms with Gasteiger partial charge in [-0.1, -0.05) is 18.2 Å². The number of aromatic nitrogens is 1. The Hall–Kier alpha value is -1.91. The maximum absolute atomic E-state index is 12.5. The standard InChI is InChI=1S/C17H15IN2O4S/c18-12-5-7-13(8-6-12)25(23,24)20-16(17(21)22)9-11-10-19-15-4-2-1-3-14(11)15/h1-8,10,16,19-20H,9H2,(H,21,22). The van der Waals surface area contributed by atoms with Crippen LogP contribution in [0.15, 0.2) is 59.6 Å². The van der Waals surface area contributed by atoms with E-state index in [0.29, 0.717) is 0 Å². The number of H-pyrrole nitrogens is 1. The lowest BCUT2D eigenvalue weighted by Gasteiger charge is -2.14. The van der Waals surface area contributed by atoms with Gasteiger partial charge in [0, 0.05) is 27.1 Å². The number of carboxylic acids is 1. The van der Waals surface area contributed by atoms with Crippen molar-refractivity contribution in [2.24, 2.45) is 0 Å². The van der Waals surface area contributed by atoms with Crippen molar-refractivity contribution < 1.29 is 18.3 Å². The number of aliphatic carboxylic acids is 1. The van der Waals surface area contributed by atoms with E-state index >= 15 is 0 Å². The predicted molar refractivity (Wildman–Crippen MR) is 103 cm³/mol. The fourth-order valence-electron chi connectivity index (χ4n) is 2.57. The number of aromatic amines is 1. The molecule has 2 aromatic carbocycles. The second-order valence-corrected chi connectivity index (χ2v) is 8.49. The van der Waals surface area contributed by atoms with E-state index in [0.717, 1.165) is 20.0 Å². The second-order valence-electron chi connectivity index (χ2n) is 5.53. The molecule has 0 fully saturated rings. The quantitative estimate of drug-likeness (QED) is 0.483. The van der Waals surface area contributed by atoms with Crippen LogP contribution in [-0.4, -0.2) is 30.5 Å². The van der Waals surface area contributed by atoms with E-state index in [4.69, 9.17) is 0 Å². The third-order valence-corrected chi connectivity index (χ3v) is 6.03. The monoisotopic (exact) mass is 470 g/mol. The van der Waals surface area contributed by atoms with Crippen LogP contribution in [0.1, 0.15) is 5.56 Å². The van der Waals surface area contributed by atoms with E-state index < -0.39 is 22.0 Å². The predicted octanol–water partition coefficient (Wildman–Crippen LogP) is 2.75. The van der Waals surface area contributed by atoms with Gasteiger partial charge < -0.3 is 10.1 Å². The van der Waals surface area contributed by atoms with Gasteiger partial charge in [0.1, 0.15) is 6.04 Å². The third kappa shape index (κ3) is 4.02. The number of rotatable bonds is 6. The fourth-order valence-corrected chi connectivity index (χ4v) is 4.12. The lowest BCUT2D eigenvalue weighted by molar-refractivity contribution is -0.138. The summed E-state index contributed by atoms with van der Waals surface area (Å²) in [6.45, 7) is 0. The average molecular weight is 470 g/mol. The van der Waals surface area contributed by atoms with Gasteiger partial charge in [-0.2, -0.15) is 4.72 Å². The van der Waals surface area contributed by atoms with Crippen molar-refractivity contribution in [2.75, 3.05) is 0 Å². The minimum Gasteiger partial charge on any atom is -0.480 e. The maximum Gasteiger partial charge on any atom is 0.322 e. The number of nitrogens with one attached hydrogen (secondary N) is 2. The van der Waals surface area contributed by atoms with E-state index in [9.17, 15) is 18.3 Å². The molecule has 0 amide bonds. The van der Waals surface area contributed by atoms with Gasteiger partial charge in [-0.3, -0.25) is 4.79 Å². The van der Waals surface area contributed by atoms with Crippen LogP contribution in [0.4, 0.5) is 0 Å². The van der Waals surface area contributed by atoms with E-state index in [-0.39, 0.29) is 11.3 Å². The van der Waals surface area contributed by atoms with Crippen LogP contribution in [0.2, 0.25) is 0 Å². The van der Waals surface area contributed by atoms with Crippen molar-refractivity contribution in [3.8, 4) is 0 Å². The molecule has 1 unspecified atom stereocenters. The lowest BCUT2D eigenvalue weighted by Crippen LogP contribution is -2.42. The van der Waals surface area contributed by atoms with E-state index in [1.807, 2.05) is 24.3 Å². The lowest BCUT2D eigenvalue weighted by atomic mass is 10.1. The summed E-state index contributed by atoms with van der Waals surface area (Å²) < 4.78 is 28.1. The molecule has 0 bridgehead atoms. The molecule has 0 saturated heterocycles. The summed E-state index contributed by atoms with van der Waals surface area (Å²) in [6.07, 6.45) is 1.75. The summed E-state index contributed by atoms with van der Waals surface area (Å²) in [4.78, 5) is 14.7. The third-order valence-electron chi connectivity index (χ3n) is 3.82. The molecule has 1 heterocycles. The highest BCUT2D eigenvalue weighted by molar-refractivity contribution is 14.1. The molecule has 0 saturated carbocycles. The average Bonchev–Trinajstić information content (AvgIpc) is 2.97. The zero-order valence-electron chi connectivity index (χ0n) is 12.9. The van der Waals surface area contributed by atoms with Crippen LogP contribution in [-0.2, 0) is 21.2 Å². The van der Waals surface area contributed by atoms with Gasteiger partial charge in [-0.15, -0.1) is 0 Å². The van der Waals surface area contributed by atoms with Crippen LogP contribution >= 0.6 is 22.6 Å². The summed E-state index contributed by atoms with van der Waals surface area (Å²) in [5.74, 6) is -1.22. The smallest absolute Gasteiger partial charge is 0.322 e. The van der Waals surface area contributed by atoms with Crippen LogP contribution in [0, 0.1) is 3.57 Å². The molecule has 0 aliphatic carbocycles. The molecule has 8 heteroatoms. The summed E-state index contributed by atoms with van der Waals surface area (Å²) in [7, 11) is -3.92. The number of carboxylic acid groups (broad SMARTS) is 1. The van der Waals surface area contributed by atoms with Gasteiger partial charge in [0.15, 0.2) is 0 Å². The first-order chi connectivity index (χ1) is 11.9. The molecule has 3 rings (SSSR count). The summed E-state index contributed by atoms with van der Waals surface area (Å²) >= 11 is 2.07. The highest BCUT2D eigenvalue weighted by Crippen LogP contribution is 2.20. The molecule has 6 nitrogen and oxygen atoms in total. The fraction of sp³-hybridized carbons (Fsp3) is 0.118. The van der Waals surface area contributed by atoms with Gasteiger partial charge in [0.05, 0.1) is 4.90 Å². The molecule has 3 N–H and O–H groups in total. The zero-order valence-corrected chi connectivity index (χ0v) is 15.9. The number of fused-ring (bicyclic) bond motifs is 1. The van der Waals surface area contributed by atoms with Crippen molar-refractivity contribution in [1.29, 1.82) is 0 Å². The molecule has 0 radical (unpaired) electrons. The van der Waals surface area contributed by atoms with Crippen molar-refractivity contribution in [3.63, 3.8) is 0 Å². The Labute approximate surface area is 158 Å². The van der Waals surface area contributed by atoms with Crippen LogP contribution < -0.4 is 4.72 Å². The number of benzene rings is 2. The first-order valence-corrected chi connectivity index (χ1v) is 9.99. The molecular formula is C17H15IN2O4S. The minimum absolute atomic E-state index is 0.0399. The second kappa shape index (κ2) is 7.14. The minimum atomic E-state index is -3.92. The molecule has 1 aromatic heterocycles. The van der Waals surface area contributed by atoms with Crippen molar-refractivity contribution in [1.82, 2.24) is 9.71 Å². The van der Waals surface area contributed by atoms with Crippen LogP contribution in [0.3, 0.4) is 0 Å². The Morgan fingerprint density at radius 2 is 1.84 bits per heavy atom. The largest absolute Gasteiger partial charge is 0.480 e. The van der Waals surface area contributed by atoms with Gasteiger partial charge in [0.25, 0.3) is 0 Å². The molecule has 0 aliphatic heterocycles. The van der Waals surface area contributed by atoms with E-state index in [1.54, 1.807) is 18.3 Å². The number of sulfonamides is 1. The highest BCUT2D eigenvalue weighted by Gasteiger charge is 2.26. The SMILES string of the molecule is O=C(O)C(Cc1c[nH]c2ccccc12)NS(=O)(=O)c1ccc(I)cc1. The highest BCUT2D eigenvalue weighted by atomic mass is 127. The molecular weight excluding hydrogens is 455 g/mol. The normalized spacial score (nSPS) is 13.0. The molecule has 1 atom stereocenters. The van der Waals surface area contributed by atoms with Crippen LogP contribution in [0.5, 0.6) is 0 Å². The number of halogens is 1. The van der Waals surface area contributed by atoms with Gasteiger partial charge in [0.2, 0.25) is 10.0 Å². The first-order valence-electron chi connectivity index (χ1n) is 7.42. The Morgan fingerprint density at radius 1 is 1.16 bits per heavy atom. The topological polar surface area (TPSA) is 99.3 Å². The number of carbonyl (C=O) groups is 1. The first kappa shape index (κ1) is 17.9. The number of para-hydroxylation sites is 1. The van der Waals surface area contributed by atoms with Crippen molar-refractivity contribution in [3.05, 3.63) is 63.9 Å². The van der Waals surface area contributed by atoms with Gasteiger partial charge >= 0.3 is 5.97 Å². The summed E-state index contributed by atoms with van der Waals surface area (Å²) in [5.41, 5.74) is 1.62. The van der Waals surface area contributed by atoms with Crippen molar-refractivity contribution >= 4 is 49.5 Å². The molecule has 3 aromatic rings. The summed E-state index contributed by atoms with van der Waals surface area (Å²) in [6, 6.07) is 12.4. The molecule has 25 heavy (non-hydrogen) atoms. The molecule has 0 spiro atoms. The Kier molecular flexibility index (Phi) is 5.11. The Bertz CT molecular complexity index is 1010. The van der Waals surface area contributed by atoms with E-state index in [1.165, 1.54) is 12.1 Å². The zero-order chi connectivity index (χ0) is 18.0.